The summed E-state index contributed by atoms with van der Waals surface area (Å²) in [4.78, 5) is 0.288. The maximum atomic E-state index is 5.23. The van der Waals surface area contributed by atoms with Crippen LogP contribution in [0, 0.1) is 8.41 Å². The number of benzene rings is 1. The van der Waals surface area contributed by atoms with Crippen LogP contribution in [0.25, 0.3) is 11.5 Å². The SMILES string of the molecule is S=c1[nH]nc(-c2cc(Br)ccc2I)o1. The van der Waals surface area contributed by atoms with E-state index in [2.05, 4.69) is 48.7 Å². The zero-order valence-electron chi connectivity index (χ0n) is 6.75. The normalized spacial score (nSPS) is 10.4. The molecule has 0 saturated carbocycles. The maximum absolute atomic E-state index is 5.23. The van der Waals surface area contributed by atoms with Crippen molar-refractivity contribution >= 4 is 50.7 Å². The number of rotatable bonds is 1. The molecule has 72 valence electrons. The van der Waals surface area contributed by atoms with Crippen molar-refractivity contribution < 1.29 is 4.42 Å². The summed E-state index contributed by atoms with van der Waals surface area (Å²) >= 11 is 10.4. The van der Waals surface area contributed by atoms with Crippen molar-refractivity contribution in [1.29, 1.82) is 0 Å². The zero-order chi connectivity index (χ0) is 10.1. The first-order valence-electron chi connectivity index (χ1n) is 3.68. The Balaban J connectivity index is 2.61. The van der Waals surface area contributed by atoms with Crippen LogP contribution in [0.5, 0.6) is 0 Å². The minimum Gasteiger partial charge on any atom is -0.409 e. The van der Waals surface area contributed by atoms with Crippen LogP contribution < -0.4 is 0 Å². The van der Waals surface area contributed by atoms with Crippen LogP contribution in [0.3, 0.4) is 0 Å². The first-order valence-corrected chi connectivity index (χ1v) is 5.96. The van der Waals surface area contributed by atoms with E-state index >= 15 is 0 Å². The molecule has 2 aromatic rings. The molecule has 0 bridgehead atoms. The highest BCUT2D eigenvalue weighted by molar-refractivity contribution is 14.1. The van der Waals surface area contributed by atoms with Gasteiger partial charge in [0.05, 0.1) is 5.56 Å². The molecule has 0 atom stereocenters. The third-order valence-electron chi connectivity index (χ3n) is 1.60. The van der Waals surface area contributed by atoms with Crippen LogP contribution in [0.15, 0.2) is 27.1 Å². The molecule has 0 radical (unpaired) electrons. The van der Waals surface area contributed by atoms with Gasteiger partial charge >= 0.3 is 0 Å². The van der Waals surface area contributed by atoms with Crippen LogP contribution in [0.1, 0.15) is 0 Å². The van der Waals surface area contributed by atoms with Gasteiger partial charge in [0.2, 0.25) is 5.89 Å². The Morgan fingerprint density at radius 1 is 1.50 bits per heavy atom. The molecule has 0 aliphatic heterocycles. The van der Waals surface area contributed by atoms with Crippen molar-refractivity contribution in [2.45, 2.75) is 0 Å². The Labute approximate surface area is 107 Å². The molecule has 1 heterocycles. The second-order valence-corrected chi connectivity index (χ2v) is 4.99. The summed E-state index contributed by atoms with van der Waals surface area (Å²) in [5.41, 5.74) is 0.923. The molecule has 1 aromatic heterocycles. The van der Waals surface area contributed by atoms with Gasteiger partial charge in [0, 0.05) is 8.04 Å². The molecule has 2 rings (SSSR count). The van der Waals surface area contributed by atoms with E-state index in [0.717, 1.165) is 13.6 Å². The highest BCUT2D eigenvalue weighted by atomic mass is 127. The molecule has 6 heteroatoms. The van der Waals surface area contributed by atoms with Gasteiger partial charge < -0.3 is 4.42 Å². The molecule has 0 fully saturated rings. The summed E-state index contributed by atoms with van der Waals surface area (Å²) in [6, 6.07) is 5.88. The molecule has 0 saturated heterocycles. The lowest BCUT2D eigenvalue weighted by molar-refractivity contribution is 0.551. The highest BCUT2D eigenvalue weighted by Crippen LogP contribution is 2.26. The fourth-order valence-corrected chi connectivity index (χ4v) is 2.06. The van der Waals surface area contributed by atoms with Crippen LogP contribution in [-0.4, -0.2) is 10.2 Å². The molecule has 3 nitrogen and oxygen atoms in total. The number of nitrogens with one attached hydrogen (secondary N) is 1. The number of aromatic amines is 1. The van der Waals surface area contributed by atoms with Gasteiger partial charge in [-0.2, -0.15) is 0 Å². The Morgan fingerprint density at radius 3 is 2.93 bits per heavy atom. The van der Waals surface area contributed by atoms with E-state index in [1.165, 1.54) is 0 Å². The maximum Gasteiger partial charge on any atom is 0.284 e. The minimum atomic E-state index is 0.288. The van der Waals surface area contributed by atoms with E-state index in [4.69, 9.17) is 16.6 Å². The average Bonchev–Trinajstić information content (AvgIpc) is 2.56. The van der Waals surface area contributed by atoms with Gasteiger partial charge in [0.1, 0.15) is 0 Å². The minimum absolute atomic E-state index is 0.288. The fraction of sp³-hybridized carbons (Fsp3) is 0. The Kier molecular flexibility index (Phi) is 3.03. The number of H-pyrrole nitrogens is 1. The number of halogens is 2. The highest BCUT2D eigenvalue weighted by Gasteiger charge is 2.08. The first-order chi connectivity index (χ1) is 6.66. The summed E-state index contributed by atoms with van der Waals surface area (Å²) in [6.45, 7) is 0. The van der Waals surface area contributed by atoms with Crippen LogP contribution in [-0.2, 0) is 0 Å². The second kappa shape index (κ2) is 4.11. The standard InChI is InChI=1S/C8H4BrIN2OS/c9-4-1-2-6(10)5(3-4)7-11-12-8(14)13-7/h1-3H,(H,12,14). The Hall–Kier alpha value is -0.210. The van der Waals surface area contributed by atoms with Crippen molar-refractivity contribution in [2.24, 2.45) is 0 Å². The quantitative estimate of drug-likeness (QED) is 0.603. The largest absolute Gasteiger partial charge is 0.409 e. The number of nitrogens with zero attached hydrogens (tertiary/aromatic N) is 1. The lowest BCUT2D eigenvalue weighted by Gasteiger charge is -1.98. The van der Waals surface area contributed by atoms with Crippen molar-refractivity contribution in [1.82, 2.24) is 10.2 Å². The molecule has 0 spiro atoms. The van der Waals surface area contributed by atoms with E-state index in [0.29, 0.717) is 5.89 Å². The van der Waals surface area contributed by atoms with E-state index in [1.807, 2.05) is 18.2 Å². The number of aromatic nitrogens is 2. The second-order valence-electron chi connectivity index (χ2n) is 2.54. The molecule has 0 unspecified atom stereocenters. The summed E-state index contributed by atoms with van der Waals surface area (Å²) in [5.74, 6) is 0.515. The van der Waals surface area contributed by atoms with Gasteiger partial charge in [-0.25, -0.2) is 5.10 Å². The molecule has 0 aliphatic rings. The predicted octanol–water partition coefficient (Wildman–Crippen LogP) is 3.77. The number of hydrogen-bond donors (Lipinski definition) is 1. The van der Waals surface area contributed by atoms with Crippen molar-refractivity contribution in [3.8, 4) is 11.5 Å². The Bertz CT molecular complexity index is 522. The van der Waals surface area contributed by atoms with E-state index in [-0.39, 0.29) is 4.84 Å². The molecule has 14 heavy (non-hydrogen) atoms. The molecule has 1 N–H and O–H groups in total. The third-order valence-corrected chi connectivity index (χ3v) is 3.21. The van der Waals surface area contributed by atoms with E-state index in [1.54, 1.807) is 0 Å². The molecule has 0 amide bonds. The monoisotopic (exact) mass is 382 g/mol. The van der Waals surface area contributed by atoms with Gasteiger partial charge in [-0.05, 0) is 53.0 Å². The van der Waals surface area contributed by atoms with Crippen molar-refractivity contribution in [2.75, 3.05) is 0 Å². The molecular weight excluding hydrogens is 379 g/mol. The van der Waals surface area contributed by atoms with Crippen molar-refractivity contribution in [3.63, 3.8) is 0 Å². The van der Waals surface area contributed by atoms with Crippen molar-refractivity contribution in [3.05, 3.63) is 31.1 Å². The van der Waals surface area contributed by atoms with Gasteiger partial charge in [-0.1, -0.05) is 15.9 Å². The molecule has 0 aliphatic carbocycles. The lowest BCUT2D eigenvalue weighted by atomic mass is 10.2. The topological polar surface area (TPSA) is 41.8 Å². The number of hydrogen-bond acceptors (Lipinski definition) is 3. The van der Waals surface area contributed by atoms with Crippen LogP contribution >= 0.6 is 50.7 Å². The van der Waals surface area contributed by atoms with Crippen LogP contribution in [0.4, 0.5) is 0 Å². The molecular formula is C8H4BrIN2OS. The third kappa shape index (κ3) is 2.06. The fourth-order valence-electron chi connectivity index (χ4n) is 1.01. The summed E-state index contributed by atoms with van der Waals surface area (Å²) in [5, 5.41) is 6.56. The van der Waals surface area contributed by atoms with E-state index in [9.17, 15) is 0 Å². The van der Waals surface area contributed by atoms with Gasteiger partial charge in [0.25, 0.3) is 4.84 Å². The van der Waals surface area contributed by atoms with Gasteiger partial charge in [-0.15, -0.1) is 5.10 Å². The zero-order valence-corrected chi connectivity index (χ0v) is 11.3. The lowest BCUT2D eigenvalue weighted by Crippen LogP contribution is -1.83. The average molecular weight is 383 g/mol. The van der Waals surface area contributed by atoms with Crippen LogP contribution in [0.2, 0.25) is 0 Å². The summed E-state index contributed by atoms with van der Waals surface area (Å²) in [6.07, 6.45) is 0. The predicted molar refractivity (Wildman–Crippen MR) is 67.5 cm³/mol. The summed E-state index contributed by atoms with van der Waals surface area (Å²) < 4.78 is 7.28. The molecule has 1 aromatic carbocycles. The van der Waals surface area contributed by atoms with Gasteiger partial charge in [0.15, 0.2) is 0 Å². The smallest absolute Gasteiger partial charge is 0.284 e. The van der Waals surface area contributed by atoms with E-state index < -0.39 is 0 Å². The van der Waals surface area contributed by atoms with Gasteiger partial charge in [-0.3, -0.25) is 0 Å². The summed E-state index contributed by atoms with van der Waals surface area (Å²) in [7, 11) is 0. The Morgan fingerprint density at radius 2 is 2.29 bits per heavy atom. The first kappa shape index (κ1) is 10.3.